The van der Waals surface area contributed by atoms with Crippen LogP contribution in [0, 0.1) is 0 Å². The third kappa shape index (κ3) is 4.00. The highest BCUT2D eigenvalue weighted by atomic mass is 19.4. The van der Waals surface area contributed by atoms with Crippen LogP contribution < -0.4 is 9.64 Å². The summed E-state index contributed by atoms with van der Waals surface area (Å²) in [5.41, 5.74) is -0.892. The molecule has 1 aromatic heterocycles. The normalized spacial score (nSPS) is 15.8. The number of fused-ring (bicyclic) bond motifs is 1. The zero-order chi connectivity index (χ0) is 24.8. The number of benzene rings is 2. The molecule has 1 aliphatic rings. The second-order valence-electron chi connectivity index (χ2n) is 8.09. The number of anilines is 1. The quantitative estimate of drug-likeness (QED) is 0.545. The summed E-state index contributed by atoms with van der Waals surface area (Å²) in [6, 6.07) is 10.9. The van der Waals surface area contributed by atoms with Gasteiger partial charge in [-0.3, -0.25) is 9.78 Å². The van der Waals surface area contributed by atoms with E-state index in [-0.39, 0.29) is 12.2 Å². The average molecular weight is 473 g/mol. The molecule has 2 heterocycles. The number of para-hydroxylation sites is 1. The molecule has 0 bridgehead atoms. The number of imide groups is 1. The molecule has 0 radical (unpaired) electrons. The Morgan fingerprint density at radius 1 is 1.12 bits per heavy atom. The number of carbonyl (C=O) groups excluding carboxylic acids is 2. The van der Waals surface area contributed by atoms with Gasteiger partial charge in [0.15, 0.2) is 0 Å². The minimum Gasteiger partial charge on any atom is -0.478 e. The second-order valence-corrected chi connectivity index (χ2v) is 8.09. The molecule has 34 heavy (non-hydrogen) atoms. The number of ether oxygens (including phenoxy) is 1. The highest BCUT2D eigenvalue weighted by Gasteiger charge is 2.52. The molecule has 3 aromatic rings. The number of alkyl halides is 3. The van der Waals surface area contributed by atoms with Crippen LogP contribution in [0.3, 0.4) is 0 Å². The Morgan fingerprint density at radius 3 is 2.50 bits per heavy atom. The molecule has 0 unspecified atom stereocenters. The van der Waals surface area contributed by atoms with Gasteiger partial charge in [-0.15, -0.1) is 13.2 Å². The molecule has 3 amide bonds. The maximum Gasteiger partial charge on any atom is 0.573 e. The van der Waals surface area contributed by atoms with Crippen LogP contribution in [0.4, 0.5) is 23.7 Å². The lowest BCUT2D eigenvalue weighted by molar-refractivity contribution is -0.274. The topological polar surface area (TPSA) is 100 Å². The van der Waals surface area contributed by atoms with Gasteiger partial charge in [0.2, 0.25) is 0 Å². The van der Waals surface area contributed by atoms with E-state index in [1.165, 1.54) is 18.7 Å². The molecule has 8 nitrogen and oxygen atoms in total. The van der Waals surface area contributed by atoms with Gasteiger partial charge in [-0.05, 0) is 49.7 Å². The van der Waals surface area contributed by atoms with Gasteiger partial charge in [-0.2, -0.15) is 0 Å². The Morgan fingerprint density at radius 2 is 1.82 bits per heavy atom. The van der Waals surface area contributed by atoms with E-state index < -0.39 is 41.1 Å². The lowest BCUT2D eigenvalue weighted by Gasteiger charge is -2.28. The summed E-state index contributed by atoms with van der Waals surface area (Å²) < 4.78 is 41.7. The van der Waals surface area contributed by atoms with Crippen molar-refractivity contribution < 1.29 is 37.4 Å². The number of carbonyl (C=O) groups is 3. The highest BCUT2D eigenvalue weighted by molar-refractivity contribution is 6.23. The van der Waals surface area contributed by atoms with Crippen molar-refractivity contribution in [2.24, 2.45) is 0 Å². The Bertz CT molecular complexity index is 1320. The standard InChI is InChI=1S/C23H18F3N3O5/c1-22(2)20(32)29(14-7-8-18(34-23(24,25)26)16(11-14)19(30)31)21(33)28(22)12-13-9-10-27-17-6-4-3-5-15(13)17/h3-11H,12H2,1-2H3,(H,30,31). The molecule has 0 spiro atoms. The van der Waals surface area contributed by atoms with Crippen LogP contribution in [-0.2, 0) is 11.3 Å². The third-order valence-electron chi connectivity index (χ3n) is 5.57. The first-order valence-corrected chi connectivity index (χ1v) is 10.0. The number of hydrogen-bond donors (Lipinski definition) is 1. The van der Waals surface area contributed by atoms with Crippen molar-refractivity contribution in [3.8, 4) is 5.75 Å². The van der Waals surface area contributed by atoms with Crippen molar-refractivity contribution in [3.63, 3.8) is 0 Å². The zero-order valence-electron chi connectivity index (χ0n) is 18.0. The SMILES string of the molecule is CC1(C)C(=O)N(c2ccc(OC(F)(F)F)c(C(=O)O)c2)C(=O)N1Cc1ccnc2ccccc12. The second kappa shape index (κ2) is 8.01. The zero-order valence-corrected chi connectivity index (χ0v) is 18.0. The predicted molar refractivity (Wildman–Crippen MR) is 114 cm³/mol. The average Bonchev–Trinajstić information content (AvgIpc) is 2.92. The maximum absolute atomic E-state index is 13.3. The van der Waals surface area contributed by atoms with Gasteiger partial charge in [0, 0.05) is 18.1 Å². The minimum absolute atomic E-state index is 0.0537. The molecule has 4 rings (SSSR count). The fourth-order valence-electron chi connectivity index (χ4n) is 3.83. The van der Waals surface area contributed by atoms with E-state index in [0.29, 0.717) is 5.52 Å². The number of nitrogens with zero attached hydrogens (tertiary/aromatic N) is 3. The molecule has 2 aromatic carbocycles. The van der Waals surface area contributed by atoms with Crippen molar-refractivity contribution in [1.29, 1.82) is 0 Å². The van der Waals surface area contributed by atoms with E-state index in [2.05, 4.69) is 9.72 Å². The lowest BCUT2D eigenvalue weighted by Crippen LogP contribution is -2.43. The van der Waals surface area contributed by atoms with Crippen LogP contribution in [-0.4, -0.2) is 44.8 Å². The molecule has 1 N–H and O–H groups in total. The summed E-state index contributed by atoms with van der Waals surface area (Å²) in [5.74, 6) is -3.32. The van der Waals surface area contributed by atoms with E-state index in [1.807, 2.05) is 24.3 Å². The van der Waals surface area contributed by atoms with Crippen molar-refractivity contribution in [3.05, 3.63) is 65.9 Å². The van der Waals surface area contributed by atoms with Gasteiger partial charge in [0.25, 0.3) is 5.91 Å². The molecule has 1 aliphatic heterocycles. The number of pyridine rings is 1. The van der Waals surface area contributed by atoms with Crippen LogP contribution in [0.25, 0.3) is 10.9 Å². The minimum atomic E-state index is -5.11. The molecule has 176 valence electrons. The van der Waals surface area contributed by atoms with Crippen LogP contribution in [0.15, 0.2) is 54.7 Å². The third-order valence-corrected chi connectivity index (χ3v) is 5.57. The molecule has 1 saturated heterocycles. The monoisotopic (exact) mass is 473 g/mol. The summed E-state index contributed by atoms with van der Waals surface area (Å²) in [5, 5.41) is 10.2. The fraction of sp³-hybridized carbons (Fsp3) is 0.217. The Labute approximate surface area is 191 Å². The van der Waals surface area contributed by atoms with Gasteiger partial charge >= 0.3 is 18.4 Å². The highest BCUT2D eigenvalue weighted by Crippen LogP contribution is 2.37. The molecular formula is C23H18F3N3O5. The Balaban J connectivity index is 1.72. The summed E-state index contributed by atoms with van der Waals surface area (Å²) in [4.78, 5) is 44.4. The van der Waals surface area contributed by atoms with E-state index in [0.717, 1.165) is 34.0 Å². The number of aromatic carboxylic acids is 1. The first-order valence-electron chi connectivity index (χ1n) is 10.0. The van der Waals surface area contributed by atoms with Crippen molar-refractivity contribution in [2.75, 3.05) is 4.90 Å². The molecule has 0 atom stereocenters. The molecule has 1 fully saturated rings. The molecule has 11 heteroatoms. The smallest absolute Gasteiger partial charge is 0.478 e. The number of hydrogen-bond acceptors (Lipinski definition) is 5. The van der Waals surface area contributed by atoms with Gasteiger partial charge in [-0.25, -0.2) is 14.5 Å². The summed E-state index contributed by atoms with van der Waals surface area (Å²) >= 11 is 0. The largest absolute Gasteiger partial charge is 0.573 e. The molecule has 0 aliphatic carbocycles. The van der Waals surface area contributed by atoms with Crippen LogP contribution >= 0.6 is 0 Å². The van der Waals surface area contributed by atoms with Crippen molar-refractivity contribution in [2.45, 2.75) is 32.3 Å². The number of carboxylic acids is 1. The fourth-order valence-corrected chi connectivity index (χ4v) is 3.83. The predicted octanol–water partition coefficient (Wildman–Crippen LogP) is 4.58. The number of urea groups is 1. The van der Waals surface area contributed by atoms with Crippen LogP contribution in [0.2, 0.25) is 0 Å². The number of amides is 3. The van der Waals surface area contributed by atoms with Gasteiger partial charge < -0.3 is 14.7 Å². The van der Waals surface area contributed by atoms with Crippen LogP contribution in [0.5, 0.6) is 5.75 Å². The van der Waals surface area contributed by atoms with E-state index in [1.54, 1.807) is 12.3 Å². The number of rotatable bonds is 5. The van der Waals surface area contributed by atoms with Gasteiger partial charge in [0.1, 0.15) is 16.9 Å². The van der Waals surface area contributed by atoms with Crippen LogP contribution in [0.1, 0.15) is 29.8 Å². The maximum atomic E-state index is 13.3. The van der Waals surface area contributed by atoms with E-state index >= 15 is 0 Å². The summed E-state index contributed by atoms with van der Waals surface area (Å²) in [6.07, 6.45) is -3.53. The Hall–Kier alpha value is -4.15. The first-order chi connectivity index (χ1) is 15.9. The number of halogens is 3. The number of aromatic nitrogens is 1. The summed E-state index contributed by atoms with van der Waals surface area (Å²) in [7, 11) is 0. The van der Waals surface area contributed by atoms with Crippen molar-refractivity contribution in [1.82, 2.24) is 9.88 Å². The van der Waals surface area contributed by atoms with Gasteiger partial charge in [0.05, 0.1) is 11.2 Å². The van der Waals surface area contributed by atoms with E-state index in [9.17, 15) is 32.7 Å². The first kappa shape index (κ1) is 23.0. The Kier molecular flexibility index (Phi) is 5.42. The lowest BCUT2D eigenvalue weighted by atomic mass is 10.0. The molecular weight excluding hydrogens is 455 g/mol. The van der Waals surface area contributed by atoms with Crippen molar-refractivity contribution >= 4 is 34.5 Å². The van der Waals surface area contributed by atoms with E-state index in [4.69, 9.17) is 0 Å². The number of carboxylic acid groups (broad SMARTS) is 1. The van der Waals surface area contributed by atoms with Gasteiger partial charge in [-0.1, -0.05) is 18.2 Å². The molecule has 0 saturated carbocycles. The summed E-state index contributed by atoms with van der Waals surface area (Å²) in [6.45, 7) is 3.13.